The average Bonchev–Trinajstić information content (AvgIpc) is 2.76. The van der Waals surface area contributed by atoms with Crippen molar-refractivity contribution in [1.82, 2.24) is 9.80 Å². The van der Waals surface area contributed by atoms with Gasteiger partial charge in [0, 0.05) is 24.1 Å². The lowest BCUT2D eigenvalue weighted by atomic mass is 10.0. The SMILES string of the molecule is CCCC(c1cc2cc(Br)ccc2c(=O)o1)N1CCCN(C)CC1. The summed E-state index contributed by atoms with van der Waals surface area (Å²) < 4.78 is 6.72. The number of halogens is 1. The molecule has 1 saturated heterocycles. The van der Waals surface area contributed by atoms with Crippen LogP contribution in [-0.4, -0.2) is 43.0 Å². The fraction of sp³-hybridized carbons (Fsp3) is 0.526. The molecular weight excluding hydrogens is 368 g/mol. The highest BCUT2D eigenvalue weighted by molar-refractivity contribution is 9.10. The summed E-state index contributed by atoms with van der Waals surface area (Å²) in [6.45, 7) is 6.44. The minimum absolute atomic E-state index is 0.178. The van der Waals surface area contributed by atoms with Crippen LogP contribution in [0.4, 0.5) is 0 Å². The molecule has 0 radical (unpaired) electrons. The molecule has 0 saturated carbocycles. The smallest absolute Gasteiger partial charge is 0.343 e. The highest BCUT2D eigenvalue weighted by Gasteiger charge is 2.24. The van der Waals surface area contributed by atoms with Crippen molar-refractivity contribution in [2.24, 2.45) is 0 Å². The molecule has 0 N–H and O–H groups in total. The van der Waals surface area contributed by atoms with Crippen molar-refractivity contribution in [2.45, 2.75) is 32.2 Å². The van der Waals surface area contributed by atoms with Crippen LogP contribution in [0.2, 0.25) is 0 Å². The van der Waals surface area contributed by atoms with E-state index in [0.717, 1.165) is 61.1 Å². The second-order valence-electron chi connectivity index (χ2n) is 6.67. The quantitative estimate of drug-likeness (QED) is 0.786. The molecule has 5 heteroatoms. The van der Waals surface area contributed by atoms with E-state index in [1.807, 2.05) is 18.2 Å². The Balaban J connectivity index is 1.98. The van der Waals surface area contributed by atoms with Gasteiger partial charge in [0.2, 0.25) is 0 Å². The molecule has 1 atom stereocenters. The summed E-state index contributed by atoms with van der Waals surface area (Å²) in [6.07, 6.45) is 3.23. The van der Waals surface area contributed by atoms with Crippen LogP contribution in [0.3, 0.4) is 0 Å². The molecule has 0 bridgehead atoms. The summed E-state index contributed by atoms with van der Waals surface area (Å²) in [5.41, 5.74) is -0.233. The molecule has 2 aromatic rings. The van der Waals surface area contributed by atoms with Gasteiger partial charge in [0.05, 0.1) is 11.4 Å². The van der Waals surface area contributed by atoms with Crippen molar-refractivity contribution in [3.63, 3.8) is 0 Å². The van der Waals surface area contributed by atoms with Gasteiger partial charge in [0.1, 0.15) is 5.76 Å². The molecule has 1 aromatic carbocycles. The Morgan fingerprint density at radius 2 is 2.04 bits per heavy atom. The van der Waals surface area contributed by atoms with Gasteiger partial charge in [-0.05, 0) is 56.1 Å². The number of benzene rings is 1. The summed E-state index contributed by atoms with van der Waals surface area (Å²) >= 11 is 3.49. The normalized spacial score (nSPS) is 18.6. The van der Waals surface area contributed by atoms with Crippen LogP contribution in [0.5, 0.6) is 0 Å². The molecule has 4 nitrogen and oxygen atoms in total. The third kappa shape index (κ3) is 3.90. The lowest BCUT2D eigenvalue weighted by Gasteiger charge is -2.29. The van der Waals surface area contributed by atoms with Crippen LogP contribution in [0, 0.1) is 0 Å². The first-order valence-electron chi connectivity index (χ1n) is 8.74. The molecule has 1 aliphatic rings. The van der Waals surface area contributed by atoms with Gasteiger partial charge in [-0.25, -0.2) is 4.79 Å². The molecule has 3 rings (SSSR count). The zero-order chi connectivity index (χ0) is 17.1. The van der Waals surface area contributed by atoms with E-state index < -0.39 is 0 Å². The minimum Gasteiger partial charge on any atom is -0.426 e. The second kappa shape index (κ2) is 7.81. The lowest BCUT2D eigenvalue weighted by molar-refractivity contribution is 0.166. The topological polar surface area (TPSA) is 36.7 Å². The molecule has 1 unspecified atom stereocenters. The van der Waals surface area contributed by atoms with Gasteiger partial charge in [-0.3, -0.25) is 4.90 Å². The van der Waals surface area contributed by atoms with Gasteiger partial charge in [-0.2, -0.15) is 0 Å². The molecular formula is C19H25BrN2O2. The maximum Gasteiger partial charge on any atom is 0.343 e. The number of rotatable bonds is 4. The number of likely N-dealkylation sites (N-methyl/N-ethyl adjacent to an activating group) is 1. The van der Waals surface area contributed by atoms with E-state index in [2.05, 4.69) is 45.8 Å². The largest absolute Gasteiger partial charge is 0.426 e. The first-order valence-corrected chi connectivity index (χ1v) is 9.53. The van der Waals surface area contributed by atoms with Gasteiger partial charge in [0.25, 0.3) is 0 Å². The predicted octanol–water partition coefficient (Wildman–Crippen LogP) is 4.03. The zero-order valence-corrected chi connectivity index (χ0v) is 16.0. The Labute approximate surface area is 151 Å². The summed E-state index contributed by atoms with van der Waals surface area (Å²) in [5.74, 6) is 0.803. The second-order valence-corrected chi connectivity index (χ2v) is 7.58. The Morgan fingerprint density at radius 3 is 2.83 bits per heavy atom. The van der Waals surface area contributed by atoms with Crippen molar-refractivity contribution in [1.29, 1.82) is 0 Å². The van der Waals surface area contributed by atoms with Crippen molar-refractivity contribution >= 4 is 26.7 Å². The Bertz CT molecular complexity index is 759. The van der Waals surface area contributed by atoms with E-state index in [4.69, 9.17) is 4.42 Å². The Kier molecular flexibility index (Phi) is 5.74. The molecule has 1 fully saturated rings. The highest BCUT2D eigenvalue weighted by atomic mass is 79.9. The number of fused-ring (bicyclic) bond motifs is 1. The fourth-order valence-electron chi connectivity index (χ4n) is 3.50. The van der Waals surface area contributed by atoms with Gasteiger partial charge >= 0.3 is 5.63 Å². The average molecular weight is 393 g/mol. The molecule has 24 heavy (non-hydrogen) atoms. The van der Waals surface area contributed by atoms with Crippen molar-refractivity contribution in [3.05, 3.63) is 44.9 Å². The van der Waals surface area contributed by atoms with Crippen molar-refractivity contribution in [2.75, 3.05) is 33.2 Å². The summed E-state index contributed by atoms with van der Waals surface area (Å²) in [6, 6.07) is 7.93. The molecule has 1 aliphatic heterocycles. The first kappa shape index (κ1) is 17.6. The molecule has 130 valence electrons. The van der Waals surface area contributed by atoms with Gasteiger partial charge < -0.3 is 9.32 Å². The van der Waals surface area contributed by atoms with Crippen molar-refractivity contribution in [3.8, 4) is 0 Å². The zero-order valence-electron chi connectivity index (χ0n) is 14.4. The van der Waals surface area contributed by atoms with Crippen LogP contribution in [0.1, 0.15) is 38.0 Å². The van der Waals surface area contributed by atoms with E-state index in [-0.39, 0.29) is 11.7 Å². The highest BCUT2D eigenvalue weighted by Crippen LogP contribution is 2.29. The van der Waals surface area contributed by atoms with E-state index in [1.165, 1.54) is 0 Å². The summed E-state index contributed by atoms with van der Waals surface area (Å²) in [7, 11) is 2.17. The standard InChI is InChI=1S/C19H25BrN2O2/c1-3-5-17(22-9-4-8-21(2)10-11-22)18-13-14-12-15(20)6-7-16(14)19(23)24-18/h6-7,12-13,17H,3-5,8-11H2,1-2H3. The number of hydrogen-bond acceptors (Lipinski definition) is 4. The first-order chi connectivity index (χ1) is 11.6. The van der Waals surface area contributed by atoms with Crippen LogP contribution in [-0.2, 0) is 0 Å². The van der Waals surface area contributed by atoms with Gasteiger partial charge in [-0.15, -0.1) is 0 Å². The fourth-order valence-corrected chi connectivity index (χ4v) is 3.88. The van der Waals surface area contributed by atoms with Crippen LogP contribution in [0.25, 0.3) is 10.8 Å². The lowest BCUT2D eigenvalue weighted by Crippen LogP contribution is -2.33. The molecule has 1 aromatic heterocycles. The maximum absolute atomic E-state index is 12.4. The van der Waals surface area contributed by atoms with E-state index in [1.54, 1.807) is 0 Å². The van der Waals surface area contributed by atoms with Crippen LogP contribution >= 0.6 is 15.9 Å². The minimum atomic E-state index is -0.233. The van der Waals surface area contributed by atoms with E-state index >= 15 is 0 Å². The third-order valence-corrected chi connectivity index (χ3v) is 5.32. The Hall–Kier alpha value is -1.17. The van der Waals surface area contributed by atoms with Crippen molar-refractivity contribution < 1.29 is 4.42 Å². The monoisotopic (exact) mass is 392 g/mol. The van der Waals surface area contributed by atoms with E-state index in [9.17, 15) is 4.79 Å². The molecule has 0 spiro atoms. The van der Waals surface area contributed by atoms with Crippen LogP contribution in [0.15, 0.2) is 37.9 Å². The summed E-state index contributed by atoms with van der Waals surface area (Å²) in [5, 5.41) is 1.59. The van der Waals surface area contributed by atoms with Gasteiger partial charge in [0.15, 0.2) is 0 Å². The molecule has 2 heterocycles. The molecule has 0 aliphatic carbocycles. The number of hydrogen-bond donors (Lipinski definition) is 0. The number of nitrogens with zero attached hydrogens (tertiary/aromatic N) is 2. The molecule has 0 amide bonds. The van der Waals surface area contributed by atoms with E-state index in [0.29, 0.717) is 5.39 Å². The van der Waals surface area contributed by atoms with Gasteiger partial charge in [-0.1, -0.05) is 29.3 Å². The predicted molar refractivity (Wildman–Crippen MR) is 102 cm³/mol. The maximum atomic E-state index is 12.4. The summed E-state index contributed by atoms with van der Waals surface area (Å²) in [4.78, 5) is 17.3. The third-order valence-electron chi connectivity index (χ3n) is 4.83. The Morgan fingerprint density at radius 1 is 1.21 bits per heavy atom. The van der Waals surface area contributed by atoms with Crippen LogP contribution < -0.4 is 5.63 Å².